The van der Waals surface area contributed by atoms with Gasteiger partial charge in [0.05, 0.1) is 6.54 Å². The molecule has 0 saturated carbocycles. The van der Waals surface area contributed by atoms with Gasteiger partial charge in [-0.2, -0.15) is 0 Å². The molecule has 2 nitrogen and oxygen atoms in total. The van der Waals surface area contributed by atoms with Gasteiger partial charge < -0.3 is 5.32 Å². The largest absolute Gasteiger partial charge is 0.313 e. The summed E-state index contributed by atoms with van der Waals surface area (Å²) in [6.45, 7) is 2.37. The first-order valence-corrected chi connectivity index (χ1v) is 4.92. The number of rotatable bonds is 4. The maximum atomic E-state index is 11.3. The lowest BCUT2D eigenvalue weighted by molar-refractivity contribution is -0.117. The molecule has 3 heteroatoms. The lowest BCUT2D eigenvalue weighted by atomic mass is 10.1. The van der Waals surface area contributed by atoms with Crippen LogP contribution >= 0.6 is 11.6 Å². The van der Waals surface area contributed by atoms with Crippen molar-refractivity contribution >= 4 is 17.4 Å². The minimum atomic E-state index is 0.151. The van der Waals surface area contributed by atoms with Crippen molar-refractivity contribution in [1.29, 1.82) is 0 Å². The fourth-order valence-corrected chi connectivity index (χ4v) is 1.57. The molecule has 1 aromatic rings. The van der Waals surface area contributed by atoms with E-state index in [1.807, 2.05) is 25.1 Å². The maximum Gasteiger partial charge on any atom is 0.151 e. The Bertz CT molecular complexity index is 336. The SMILES string of the molecule is CNCC(=O)Cc1ccc(C)cc1Cl. The van der Waals surface area contributed by atoms with Gasteiger partial charge in [-0.15, -0.1) is 0 Å². The highest BCUT2D eigenvalue weighted by atomic mass is 35.5. The molecule has 0 aliphatic rings. The van der Waals surface area contributed by atoms with Crippen LogP contribution in [0.5, 0.6) is 0 Å². The molecule has 14 heavy (non-hydrogen) atoms. The van der Waals surface area contributed by atoms with Gasteiger partial charge >= 0.3 is 0 Å². The van der Waals surface area contributed by atoms with Gasteiger partial charge in [0.2, 0.25) is 0 Å². The number of Topliss-reactive ketones (excluding diaryl/α,β-unsaturated/α-hetero) is 1. The number of hydrogen-bond donors (Lipinski definition) is 1. The summed E-state index contributed by atoms with van der Waals surface area (Å²) in [6.07, 6.45) is 0.403. The van der Waals surface area contributed by atoms with Gasteiger partial charge in [-0.05, 0) is 31.2 Å². The molecule has 0 bridgehead atoms. The molecule has 1 N–H and O–H groups in total. The van der Waals surface area contributed by atoms with Crippen LogP contribution < -0.4 is 5.32 Å². The minimum Gasteiger partial charge on any atom is -0.313 e. The molecule has 0 fully saturated rings. The van der Waals surface area contributed by atoms with Crippen molar-refractivity contribution in [3.8, 4) is 0 Å². The summed E-state index contributed by atoms with van der Waals surface area (Å²) in [5.74, 6) is 0.151. The molecule has 0 atom stereocenters. The van der Waals surface area contributed by atoms with Gasteiger partial charge in [0.25, 0.3) is 0 Å². The number of halogens is 1. The Hall–Kier alpha value is -0.860. The van der Waals surface area contributed by atoms with E-state index in [1.165, 1.54) is 0 Å². The van der Waals surface area contributed by atoms with Gasteiger partial charge in [-0.3, -0.25) is 4.79 Å². The molecule has 0 saturated heterocycles. The van der Waals surface area contributed by atoms with E-state index < -0.39 is 0 Å². The van der Waals surface area contributed by atoms with E-state index >= 15 is 0 Å². The maximum absolute atomic E-state index is 11.3. The molecule has 0 aliphatic carbocycles. The molecule has 0 unspecified atom stereocenters. The third-order valence-corrected chi connectivity index (χ3v) is 2.32. The molecular formula is C11H14ClNO. The van der Waals surface area contributed by atoms with Crippen LogP contribution in [0.3, 0.4) is 0 Å². The van der Waals surface area contributed by atoms with Crippen molar-refractivity contribution in [2.75, 3.05) is 13.6 Å². The minimum absolute atomic E-state index is 0.151. The summed E-state index contributed by atoms with van der Waals surface area (Å²) in [4.78, 5) is 11.3. The van der Waals surface area contributed by atoms with Gasteiger partial charge in [0.1, 0.15) is 0 Å². The van der Waals surface area contributed by atoms with Crippen LogP contribution in [0.15, 0.2) is 18.2 Å². The van der Waals surface area contributed by atoms with Crippen molar-refractivity contribution < 1.29 is 4.79 Å². The van der Waals surface area contributed by atoms with E-state index in [0.29, 0.717) is 18.0 Å². The summed E-state index contributed by atoms with van der Waals surface area (Å²) in [7, 11) is 1.76. The number of carbonyl (C=O) groups excluding carboxylic acids is 1. The first kappa shape index (κ1) is 11.2. The first-order valence-electron chi connectivity index (χ1n) is 4.55. The van der Waals surface area contributed by atoms with Crippen LogP contribution in [0.4, 0.5) is 0 Å². The summed E-state index contributed by atoms with van der Waals surface area (Å²) >= 11 is 6.00. The Kier molecular flexibility index (Phi) is 4.11. The first-order chi connectivity index (χ1) is 6.63. The van der Waals surface area contributed by atoms with E-state index in [0.717, 1.165) is 11.1 Å². The molecule has 0 aliphatic heterocycles. The summed E-state index contributed by atoms with van der Waals surface area (Å²) in [6, 6.07) is 5.75. The lowest BCUT2D eigenvalue weighted by Crippen LogP contribution is -2.20. The number of ketones is 1. The number of nitrogens with one attached hydrogen (secondary N) is 1. The smallest absolute Gasteiger partial charge is 0.151 e. The third kappa shape index (κ3) is 3.13. The van der Waals surface area contributed by atoms with Crippen LogP contribution in [0, 0.1) is 6.92 Å². The van der Waals surface area contributed by atoms with Gasteiger partial charge in [-0.25, -0.2) is 0 Å². The van der Waals surface area contributed by atoms with Crippen molar-refractivity contribution in [2.45, 2.75) is 13.3 Å². The van der Waals surface area contributed by atoms with E-state index in [2.05, 4.69) is 5.32 Å². The molecule has 0 heterocycles. The van der Waals surface area contributed by atoms with Crippen LogP contribution in [0.2, 0.25) is 5.02 Å². The number of benzene rings is 1. The van der Waals surface area contributed by atoms with E-state index in [-0.39, 0.29) is 5.78 Å². The van der Waals surface area contributed by atoms with Crippen LogP contribution in [0.1, 0.15) is 11.1 Å². The Morgan fingerprint density at radius 1 is 1.50 bits per heavy atom. The average molecular weight is 212 g/mol. The van der Waals surface area contributed by atoms with Crippen molar-refractivity contribution in [3.63, 3.8) is 0 Å². The van der Waals surface area contributed by atoms with Gasteiger partial charge in [0, 0.05) is 11.4 Å². The predicted octanol–water partition coefficient (Wildman–Crippen LogP) is 1.98. The lowest BCUT2D eigenvalue weighted by Gasteiger charge is -2.04. The molecule has 76 valence electrons. The highest BCUT2D eigenvalue weighted by molar-refractivity contribution is 6.31. The number of likely N-dealkylation sites (N-methyl/N-ethyl adjacent to an activating group) is 1. The monoisotopic (exact) mass is 211 g/mol. The second-order valence-corrected chi connectivity index (χ2v) is 3.75. The fraction of sp³-hybridized carbons (Fsp3) is 0.364. The Balaban J connectivity index is 2.72. The molecule has 0 radical (unpaired) electrons. The van der Waals surface area contributed by atoms with Crippen molar-refractivity contribution in [3.05, 3.63) is 34.3 Å². The van der Waals surface area contributed by atoms with Crippen molar-refractivity contribution in [2.24, 2.45) is 0 Å². The van der Waals surface area contributed by atoms with Crippen molar-refractivity contribution in [1.82, 2.24) is 5.32 Å². The molecule has 0 amide bonds. The third-order valence-electron chi connectivity index (χ3n) is 1.97. The summed E-state index contributed by atoms with van der Waals surface area (Å²) in [5, 5.41) is 3.50. The van der Waals surface area contributed by atoms with Crippen LogP contribution in [-0.4, -0.2) is 19.4 Å². The zero-order valence-corrected chi connectivity index (χ0v) is 9.19. The second-order valence-electron chi connectivity index (χ2n) is 3.34. The van der Waals surface area contributed by atoms with E-state index in [1.54, 1.807) is 7.05 Å². The molecule has 0 spiro atoms. The summed E-state index contributed by atoms with van der Waals surface area (Å²) in [5.41, 5.74) is 2.01. The molecule has 1 aromatic carbocycles. The van der Waals surface area contributed by atoms with Crippen LogP contribution in [-0.2, 0) is 11.2 Å². The normalized spacial score (nSPS) is 10.2. The van der Waals surface area contributed by atoms with E-state index in [9.17, 15) is 4.79 Å². The quantitative estimate of drug-likeness (QED) is 0.825. The molecule has 0 aromatic heterocycles. The molecule has 1 rings (SSSR count). The fourth-order valence-electron chi connectivity index (χ4n) is 1.27. The zero-order valence-electron chi connectivity index (χ0n) is 8.43. The average Bonchev–Trinajstić information content (AvgIpc) is 2.10. The standard InChI is InChI=1S/C11H14ClNO/c1-8-3-4-9(11(12)5-8)6-10(14)7-13-2/h3-5,13H,6-7H2,1-2H3. The topological polar surface area (TPSA) is 29.1 Å². The Labute approximate surface area is 89.3 Å². The van der Waals surface area contributed by atoms with Crippen LogP contribution in [0.25, 0.3) is 0 Å². The molecular weight excluding hydrogens is 198 g/mol. The number of aryl methyl sites for hydroxylation is 1. The number of carbonyl (C=O) groups is 1. The van der Waals surface area contributed by atoms with Gasteiger partial charge in [0.15, 0.2) is 5.78 Å². The number of hydrogen-bond acceptors (Lipinski definition) is 2. The zero-order chi connectivity index (χ0) is 10.6. The Morgan fingerprint density at radius 2 is 2.21 bits per heavy atom. The summed E-state index contributed by atoms with van der Waals surface area (Å²) < 4.78 is 0. The predicted molar refractivity (Wildman–Crippen MR) is 58.8 cm³/mol. The van der Waals surface area contributed by atoms with E-state index in [4.69, 9.17) is 11.6 Å². The highest BCUT2D eigenvalue weighted by Gasteiger charge is 2.05. The Morgan fingerprint density at radius 3 is 2.79 bits per heavy atom. The van der Waals surface area contributed by atoms with Gasteiger partial charge in [-0.1, -0.05) is 23.7 Å². The second kappa shape index (κ2) is 5.13. The highest BCUT2D eigenvalue weighted by Crippen LogP contribution is 2.17.